The number of hydrogen-bond acceptors (Lipinski definition) is 3. The molecule has 0 N–H and O–H groups in total. The highest BCUT2D eigenvalue weighted by Crippen LogP contribution is 2.24. The zero-order valence-electron chi connectivity index (χ0n) is 9.82. The zero-order valence-corrected chi connectivity index (χ0v) is 9.82. The minimum Gasteiger partial charge on any atom is -0.497 e. The van der Waals surface area contributed by atoms with Gasteiger partial charge in [-0.15, -0.1) is 0 Å². The number of methoxy groups -OCH3 is 2. The van der Waals surface area contributed by atoms with Crippen LogP contribution < -0.4 is 9.47 Å². The fourth-order valence-corrected chi connectivity index (χ4v) is 1.39. The maximum absolute atomic E-state index is 10.8. The van der Waals surface area contributed by atoms with E-state index in [2.05, 4.69) is 0 Å². The van der Waals surface area contributed by atoms with Crippen molar-refractivity contribution in [1.29, 1.82) is 0 Å². The van der Waals surface area contributed by atoms with Crippen molar-refractivity contribution < 1.29 is 14.3 Å². The Hall–Kier alpha value is -1.77. The van der Waals surface area contributed by atoms with E-state index in [1.807, 2.05) is 24.3 Å². The topological polar surface area (TPSA) is 35.5 Å². The molecule has 1 aromatic rings. The molecule has 16 heavy (non-hydrogen) atoms. The molecule has 0 saturated carbocycles. The molecular formula is C13H16O3. The molecule has 0 radical (unpaired) electrons. The molecule has 1 rings (SSSR count). The maximum Gasteiger partial charge on any atom is 0.152 e. The van der Waals surface area contributed by atoms with Gasteiger partial charge in [0.05, 0.1) is 14.2 Å². The molecule has 0 amide bonds. The maximum atomic E-state index is 10.8. The molecule has 0 aliphatic heterocycles. The van der Waals surface area contributed by atoms with Gasteiger partial charge in [-0.1, -0.05) is 6.08 Å². The first-order valence-electron chi connectivity index (χ1n) is 5.05. The van der Waals surface area contributed by atoms with Crippen LogP contribution in [0.5, 0.6) is 11.5 Å². The lowest BCUT2D eigenvalue weighted by Crippen LogP contribution is -1.93. The van der Waals surface area contributed by atoms with Crippen LogP contribution >= 0.6 is 0 Å². The number of carbonyl (C=O) groups excluding carboxylic acids is 1. The van der Waals surface area contributed by atoms with E-state index in [1.165, 1.54) is 6.92 Å². The van der Waals surface area contributed by atoms with Gasteiger partial charge in [-0.25, -0.2) is 0 Å². The molecule has 0 aliphatic rings. The number of ketones is 1. The molecule has 0 unspecified atom stereocenters. The fraction of sp³-hybridized carbons (Fsp3) is 0.308. The van der Waals surface area contributed by atoms with Crippen molar-refractivity contribution in [2.45, 2.75) is 13.3 Å². The summed E-state index contributed by atoms with van der Waals surface area (Å²) in [7, 11) is 3.25. The quantitative estimate of drug-likeness (QED) is 0.715. The lowest BCUT2D eigenvalue weighted by molar-refractivity contribution is -0.112. The van der Waals surface area contributed by atoms with Crippen LogP contribution in [0.1, 0.15) is 12.5 Å². The number of ether oxygens (including phenoxy) is 2. The van der Waals surface area contributed by atoms with Crippen molar-refractivity contribution >= 4 is 5.78 Å². The van der Waals surface area contributed by atoms with Gasteiger partial charge in [0.1, 0.15) is 11.5 Å². The minimum absolute atomic E-state index is 0.0434. The van der Waals surface area contributed by atoms with Gasteiger partial charge >= 0.3 is 0 Å². The van der Waals surface area contributed by atoms with Crippen LogP contribution in [0.25, 0.3) is 0 Å². The standard InChI is InChI=1S/C13H16O3/c1-10(14)5-4-6-11-9-12(15-2)7-8-13(11)16-3/h4-5,7-9H,6H2,1-3H3/b5-4+. The van der Waals surface area contributed by atoms with Gasteiger partial charge in [0.25, 0.3) is 0 Å². The van der Waals surface area contributed by atoms with Gasteiger partial charge in [-0.2, -0.15) is 0 Å². The normalized spacial score (nSPS) is 10.4. The van der Waals surface area contributed by atoms with E-state index >= 15 is 0 Å². The molecule has 0 fully saturated rings. The Morgan fingerprint density at radius 1 is 1.31 bits per heavy atom. The second-order valence-electron chi connectivity index (χ2n) is 3.39. The highest BCUT2D eigenvalue weighted by molar-refractivity contribution is 5.87. The highest BCUT2D eigenvalue weighted by Gasteiger charge is 2.03. The molecule has 3 heteroatoms. The van der Waals surface area contributed by atoms with Gasteiger partial charge in [0.2, 0.25) is 0 Å². The minimum atomic E-state index is 0.0434. The van der Waals surface area contributed by atoms with E-state index in [4.69, 9.17) is 9.47 Å². The number of carbonyl (C=O) groups is 1. The van der Waals surface area contributed by atoms with Gasteiger partial charge in [-0.3, -0.25) is 4.79 Å². The van der Waals surface area contributed by atoms with E-state index in [9.17, 15) is 4.79 Å². The number of allylic oxidation sites excluding steroid dienone is 2. The molecule has 86 valence electrons. The van der Waals surface area contributed by atoms with Gasteiger partial charge in [0.15, 0.2) is 5.78 Å². The van der Waals surface area contributed by atoms with Crippen molar-refractivity contribution in [3.05, 3.63) is 35.9 Å². The van der Waals surface area contributed by atoms with Gasteiger partial charge < -0.3 is 9.47 Å². The van der Waals surface area contributed by atoms with Gasteiger partial charge in [0, 0.05) is 5.56 Å². The van der Waals surface area contributed by atoms with Crippen LogP contribution in [0.15, 0.2) is 30.4 Å². The van der Waals surface area contributed by atoms with E-state index in [1.54, 1.807) is 20.3 Å². The lowest BCUT2D eigenvalue weighted by atomic mass is 10.1. The van der Waals surface area contributed by atoms with Crippen molar-refractivity contribution in [1.82, 2.24) is 0 Å². The Bertz CT molecular complexity index is 394. The number of hydrogen-bond donors (Lipinski definition) is 0. The number of benzene rings is 1. The molecule has 3 nitrogen and oxygen atoms in total. The smallest absolute Gasteiger partial charge is 0.152 e. The highest BCUT2D eigenvalue weighted by atomic mass is 16.5. The summed E-state index contributed by atoms with van der Waals surface area (Å²) in [4.78, 5) is 10.8. The summed E-state index contributed by atoms with van der Waals surface area (Å²) < 4.78 is 10.4. The third-order valence-electron chi connectivity index (χ3n) is 2.18. The fourth-order valence-electron chi connectivity index (χ4n) is 1.39. The van der Waals surface area contributed by atoms with E-state index < -0.39 is 0 Å². The molecule has 0 aliphatic carbocycles. The predicted molar refractivity (Wildman–Crippen MR) is 63.1 cm³/mol. The monoisotopic (exact) mass is 220 g/mol. The predicted octanol–water partition coefficient (Wildman–Crippen LogP) is 2.39. The van der Waals surface area contributed by atoms with E-state index in [-0.39, 0.29) is 5.78 Å². The summed E-state index contributed by atoms with van der Waals surface area (Å²) in [5, 5.41) is 0. The third kappa shape index (κ3) is 3.42. The molecule has 0 saturated heterocycles. The molecule has 0 aromatic heterocycles. The first-order chi connectivity index (χ1) is 7.67. The van der Waals surface area contributed by atoms with Crippen molar-refractivity contribution in [2.24, 2.45) is 0 Å². The Kier molecular flexibility index (Phi) is 4.58. The van der Waals surface area contributed by atoms with Crippen LogP contribution in [0.2, 0.25) is 0 Å². The third-order valence-corrected chi connectivity index (χ3v) is 2.18. The van der Waals surface area contributed by atoms with Crippen LogP contribution in [-0.4, -0.2) is 20.0 Å². The van der Waals surface area contributed by atoms with E-state index in [0.29, 0.717) is 6.42 Å². The van der Waals surface area contributed by atoms with Crippen molar-refractivity contribution in [2.75, 3.05) is 14.2 Å². The van der Waals surface area contributed by atoms with Crippen LogP contribution in [-0.2, 0) is 11.2 Å². The summed E-state index contributed by atoms with van der Waals surface area (Å²) in [6, 6.07) is 5.61. The Labute approximate surface area is 95.7 Å². The molecule has 0 bridgehead atoms. The lowest BCUT2D eigenvalue weighted by Gasteiger charge is -2.08. The zero-order chi connectivity index (χ0) is 12.0. The van der Waals surface area contributed by atoms with Crippen LogP contribution in [0.4, 0.5) is 0 Å². The molecule has 0 heterocycles. The van der Waals surface area contributed by atoms with Crippen molar-refractivity contribution in [3.63, 3.8) is 0 Å². The van der Waals surface area contributed by atoms with Crippen LogP contribution in [0, 0.1) is 0 Å². The Balaban J connectivity index is 2.87. The molecule has 0 spiro atoms. The summed E-state index contributed by atoms with van der Waals surface area (Å²) in [5.74, 6) is 1.63. The second kappa shape index (κ2) is 5.95. The molecule has 0 atom stereocenters. The van der Waals surface area contributed by atoms with E-state index in [0.717, 1.165) is 17.1 Å². The van der Waals surface area contributed by atoms with Gasteiger partial charge in [-0.05, 0) is 37.6 Å². The molecule has 1 aromatic carbocycles. The first kappa shape index (κ1) is 12.3. The van der Waals surface area contributed by atoms with Crippen molar-refractivity contribution in [3.8, 4) is 11.5 Å². The SMILES string of the molecule is COc1ccc(OC)c(C/C=C/C(C)=O)c1. The number of rotatable bonds is 5. The van der Waals surface area contributed by atoms with Crippen LogP contribution in [0.3, 0.4) is 0 Å². The summed E-state index contributed by atoms with van der Waals surface area (Å²) >= 11 is 0. The first-order valence-corrected chi connectivity index (χ1v) is 5.05. The summed E-state index contributed by atoms with van der Waals surface area (Å²) in [5.41, 5.74) is 0.999. The average Bonchev–Trinajstić information content (AvgIpc) is 2.28. The second-order valence-corrected chi connectivity index (χ2v) is 3.39. The summed E-state index contributed by atoms with van der Waals surface area (Å²) in [6.45, 7) is 1.53. The Morgan fingerprint density at radius 2 is 2.06 bits per heavy atom. The molecular weight excluding hydrogens is 204 g/mol. The summed E-state index contributed by atoms with van der Waals surface area (Å²) in [6.07, 6.45) is 4.03. The Morgan fingerprint density at radius 3 is 2.62 bits per heavy atom. The largest absolute Gasteiger partial charge is 0.497 e. The average molecular weight is 220 g/mol.